The smallest absolute Gasteiger partial charge is 0.00385 e. The summed E-state index contributed by atoms with van der Waals surface area (Å²) in [4.78, 5) is 2.63. The Morgan fingerprint density at radius 3 is 1.56 bits per heavy atom. The molecule has 0 unspecified atom stereocenters. The van der Waals surface area contributed by atoms with Crippen LogP contribution in [-0.4, -0.2) is 24.0 Å². The Morgan fingerprint density at radius 2 is 1.25 bits per heavy atom. The molecule has 0 amide bonds. The van der Waals surface area contributed by atoms with Gasteiger partial charge in [-0.3, -0.25) is 0 Å². The first-order valence-electron chi connectivity index (χ1n) is 7.17. The average molecular weight is 225 g/mol. The van der Waals surface area contributed by atoms with Crippen molar-refractivity contribution >= 4 is 0 Å². The second kappa shape index (κ2) is 6.05. The Kier molecular flexibility index (Phi) is 5.30. The molecule has 0 saturated carbocycles. The Balaban J connectivity index is 2.51. The Hall–Kier alpha value is -0.0400. The van der Waals surface area contributed by atoms with Gasteiger partial charge in [-0.05, 0) is 63.5 Å². The monoisotopic (exact) mass is 225 g/mol. The first-order valence-corrected chi connectivity index (χ1v) is 7.17. The summed E-state index contributed by atoms with van der Waals surface area (Å²) in [6.45, 7) is 16.9. The molecule has 1 saturated heterocycles. The quantitative estimate of drug-likeness (QED) is 0.698. The lowest BCUT2D eigenvalue weighted by Gasteiger charge is -2.41. The van der Waals surface area contributed by atoms with E-state index >= 15 is 0 Å². The van der Waals surface area contributed by atoms with Crippen molar-refractivity contribution in [1.29, 1.82) is 0 Å². The molecule has 1 heterocycles. The molecule has 0 aromatic heterocycles. The van der Waals surface area contributed by atoms with Crippen molar-refractivity contribution in [2.24, 2.45) is 23.7 Å². The van der Waals surface area contributed by atoms with E-state index in [-0.39, 0.29) is 0 Å². The highest BCUT2D eigenvalue weighted by Crippen LogP contribution is 2.35. The minimum Gasteiger partial charge on any atom is -0.301 e. The van der Waals surface area contributed by atoms with E-state index < -0.39 is 0 Å². The van der Waals surface area contributed by atoms with E-state index in [1.807, 2.05) is 0 Å². The fraction of sp³-hybridized carbons (Fsp3) is 1.00. The van der Waals surface area contributed by atoms with Gasteiger partial charge in [0.15, 0.2) is 0 Å². The Bertz CT molecular complexity index is 180. The third kappa shape index (κ3) is 3.48. The Morgan fingerprint density at radius 1 is 0.812 bits per heavy atom. The maximum absolute atomic E-state index is 2.63. The van der Waals surface area contributed by atoms with Crippen molar-refractivity contribution in [1.82, 2.24) is 4.90 Å². The van der Waals surface area contributed by atoms with E-state index in [0.29, 0.717) is 0 Å². The van der Waals surface area contributed by atoms with E-state index in [9.17, 15) is 0 Å². The molecule has 96 valence electrons. The molecular formula is C15H31N. The number of nitrogens with zero attached hydrogens (tertiary/aromatic N) is 1. The molecule has 0 N–H and O–H groups in total. The van der Waals surface area contributed by atoms with Crippen LogP contribution in [0.3, 0.4) is 0 Å². The molecule has 0 radical (unpaired) electrons. The van der Waals surface area contributed by atoms with Gasteiger partial charge in [0, 0.05) is 6.04 Å². The summed E-state index contributed by atoms with van der Waals surface area (Å²) >= 11 is 0. The summed E-state index contributed by atoms with van der Waals surface area (Å²) in [6.07, 6.45) is 2.83. The van der Waals surface area contributed by atoms with Gasteiger partial charge in [0.05, 0.1) is 0 Å². The zero-order valence-electron chi connectivity index (χ0n) is 12.2. The molecule has 1 aliphatic heterocycles. The molecule has 16 heavy (non-hydrogen) atoms. The number of hydrogen-bond acceptors (Lipinski definition) is 1. The fourth-order valence-electron chi connectivity index (χ4n) is 3.68. The van der Waals surface area contributed by atoms with Crippen molar-refractivity contribution in [2.45, 2.75) is 60.4 Å². The lowest BCUT2D eigenvalue weighted by Crippen LogP contribution is -2.41. The highest BCUT2D eigenvalue weighted by atomic mass is 15.1. The third-order valence-electron chi connectivity index (χ3n) is 4.39. The van der Waals surface area contributed by atoms with Crippen LogP contribution >= 0.6 is 0 Å². The lowest BCUT2D eigenvalue weighted by atomic mass is 9.72. The van der Waals surface area contributed by atoms with Gasteiger partial charge in [-0.15, -0.1) is 0 Å². The van der Waals surface area contributed by atoms with Crippen LogP contribution in [0.1, 0.15) is 54.4 Å². The van der Waals surface area contributed by atoms with Crippen LogP contribution in [0, 0.1) is 23.7 Å². The summed E-state index contributed by atoms with van der Waals surface area (Å²) in [6, 6.07) is 0.734. The first kappa shape index (κ1) is 14.0. The van der Waals surface area contributed by atoms with Crippen molar-refractivity contribution in [2.75, 3.05) is 13.1 Å². The average Bonchev–Trinajstić information content (AvgIpc) is 2.17. The molecule has 0 aliphatic carbocycles. The molecule has 1 fully saturated rings. The lowest BCUT2D eigenvalue weighted by molar-refractivity contribution is 0.0829. The topological polar surface area (TPSA) is 3.24 Å². The molecule has 0 spiro atoms. The van der Waals surface area contributed by atoms with Crippen LogP contribution in [0.15, 0.2) is 0 Å². The van der Waals surface area contributed by atoms with Crippen molar-refractivity contribution < 1.29 is 0 Å². The summed E-state index contributed by atoms with van der Waals surface area (Å²) in [5.74, 6) is 3.58. The molecule has 1 nitrogen and oxygen atoms in total. The van der Waals surface area contributed by atoms with Crippen LogP contribution < -0.4 is 0 Å². The van der Waals surface area contributed by atoms with E-state index in [2.05, 4.69) is 46.4 Å². The van der Waals surface area contributed by atoms with E-state index in [1.165, 1.54) is 25.9 Å². The van der Waals surface area contributed by atoms with Crippen LogP contribution in [0.25, 0.3) is 0 Å². The van der Waals surface area contributed by atoms with Gasteiger partial charge in [0.25, 0.3) is 0 Å². The number of rotatable bonds is 4. The van der Waals surface area contributed by atoms with Gasteiger partial charge in [-0.1, -0.05) is 27.7 Å². The molecule has 0 aromatic rings. The second-order valence-corrected chi connectivity index (χ2v) is 6.53. The maximum Gasteiger partial charge on any atom is 0.00385 e. The van der Waals surface area contributed by atoms with Crippen molar-refractivity contribution in [3.05, 3.63) is 0 Å². The van der Waals surface area contributed by atoms with Crippen LogP contribution in [0.2, 0.25) is 0 Å². The zero-order chi connectivity index (χ0) is 12.3. The minimum absolute atomic E-state index is 0.734. The van der Waals surface area contributed by atoms with Crippen LogP contribution in [0.4, 0.5) is 0 Å². The second-order valence-electron chi connectivity index (χ2n) is 6.53. The normalized spacial score (nSPS) is 20.6. The van der Waals surface area contributed by atoms with Crippen molar-refractivity contribution in [3.8, 4) is 0 Å². The first-order chi connectivity index (χ1) is 7.43. The third-order valence-corrected chi connectivity index (χ3v) is 4.39. The van der Waals surface area contributed by atoms with Gasteiger partial charge in [0.2, 0.25) is 0 Å². The largest absolute Gasteiger partial charge is 0.301 e. The molecule has 0 aromatic carbocycles. The molecule has 0 bridgehead atoms. The van der Waals surface area contributed by atoms with Crippen LogP contribution in [0.5, 0.6) is 0 Å². The van der Waals surface area contributed by atoms with E-state index in [1.54, 1.807) is 0 Å². The van der Waals surface area contributed by atoms with Gasteiger partial charge in [-0.2, -0.15) is 0 Å². The highest BCUT2D eigenvalue weighted by molar-refractivity contribution is 4.82. The minimum atomic E-state index is 0.734. The summed E-state index contributed by atoms with van der Waals surface area (Å²) in [5.41, 5.74) is 0. The molecule has 0 atom stereocenters. The predicted molar refractivity (Wildman–Crippen MR) is 72.6 cm³/mol. The van der Waals surface area contributed by atoms with Gasteiger partial charge < -0.3 is 4.90 Å². The standard InChI is InChI=1S/C15H31N/c1-11(2)15(12(3)4)14-7-9-16(10-8-14)13(5)6/h11-15H,7-10H2,1-6H3. The summed E-state index contributed by atoms with van der Waals surface area (Å²) in [5, 5.41) is 0. The number of likely N-dealkylation sites (tertiary alicyclic amines) is 1. The molecule has 1 aliphatic rings. The Labute approximate surface area is 103 Å². The number of piperidine rings is 1. The summed E-state index contributed by atoms with van der Waals surface area (Å²) in [7, 11) is 0. The maximum atomic E-state index is 2.63. The molecule has 1 rings (SSSR count). The van der Waals surface area contributed by atoms with Crippen LogP contribution in [-0.2, 0) is 0 Å². The summed E-state index contributed by atoms with van der Waals surface area (Å²) < 4.78 is 0. The van der Waals surface area contributed by atoms with E-state index in [0.717, 1.165) is 29.7 Å². The molecule has 1 heteroatoms. The van der Waals surface area contributed by atoms with Gasteiger partial charge in [0.1, 0.15) is 0 Å². The number of hydrogen-bond donors (Lipinski definition) is 0. The highest BCUT2D eigenvalue weighted by Gasteiger charge is 2.30. The van der Waals surface area contributed by atoms with Gasteiger partial charge in [-0.25, -0.2) is 0 Å². The SMILES string of the molecule is CC(C)C(C(C)C)C1CCN(C(C)C)CC1. The van der Waals surface area contributed by atoms with Crippen molar-refractivity contribution in [3.63, 3.8) is 0 Å². The zero-order valence-corrected chi connectivity index (χ0v) is 12.2. The van der Waals surface area contributed by atoms with Gasteiger partial charge >= 0.3 is 0 Å². The van der Waals surface area contributed by atoms with E-state index in [4.69, 9.17) is 0 Å². The molecular weight excluding hydrogens is 194 g/mol. The fourth-order valence-corrected chi connectivity index (χ4v) is 3.68. The predicted octanol–water partition coefficient (Wildman–Crippen LogP) is 4.04.